The third-order valence-electron chi connectivity index (χ3n) is 8.39. The zero-order valence-corrected chi connectivity index (χ0v) is 33.2. The maximum absolute atomic E-state index is 8.70. The van der Waals surface area contributed by atoms with Crippen LogP contribution in [0.4, 0.5) is 0 Å². The molecule has 4 aromatic heterocycles. The quantitative estimate of drug-likeness (QED) is 0.127. The first-order valence-corrected chi connectivity index (χ1v) is 20.3. The second kappa shape index (κ2) is 14.7. The molecule has 5 nitrogen and oxygen atoms in total. The van der Waals surface area contributed by atoms with E-state index in [9.17, 15) is 0 Å². The largest absolute Gasteiger partial charge is 0.501 e. The number of benzene rings is 4. The van der Waals surface area contributed by atoms with Gasteiger partial charge in [-0.1, -0.05) is 112 Å². The van der Waals surface area contributed by atoms with Crippen LogP contribution in [-0.2, 0) is 26.5 Å². The fourth-order valence-electron chi connectivity index (χ4n) is 5.78. The topological polar surface area (TPSA) is 65.0 Å². The van der Waals surface area contributed by atoms with Crippen molar-refractivity contribution in [1.82, 2.24) is 15.0 Å². The number of hydrogen-bond donors (Lipinski definition) is 0. The van der Waals surface area contributed by atoms with E-state index in [1.165, 1.54) is 23.5 Å². The zero-order valence-electron chi connectivity index (χ0n) is 37.8. The van der Waals surface area contributed by atoms with Crippen LogP contribution in [-0.4, -0.2) is 23.0 Å². The van der Waals surface area contributed by atoms with Gasteiger partial charge in [-0.3, -0.25) is 0 Å². The summed E-state index contributed by atoms with van der Waals surface area (Å²) in [4.78, 5) is 13.5. The van der Waals surface area contributed by atoms with Gasteiger partial charge in [0.05, 0.1) is 13.7 Å². The van der Waals surface area contributed by atoms with E-state index in [-0.39, 0.29) is 42.7 Å². The summed E-state index contributed by atoms with van der Waals surface area (Å²) in [5, 5.41) is 3.13. The number of pyridine rings is 2. The second-order valence-electron chi connectivity index (χ2n) is 14.5. The van der Waals surface area contributed by atoms with Gasteiger partial charge in [-0.25, -0.2) is 4.98 Å². The number of nitrogens with zero attached hydrogens (tertiary/aromatic N) is 3. The smallest absolute Gasteiger partial charge is 0.209 e. The van der Waals surface area contributed by atoms with Crippen molar-refractivity contribution in [1.29, 1.82) is 0 Å². The van der Waals surface area contributed by atoms with Crippen molar-refractivity contribution < 1.29 is 39.9 Å². The number of hydrogen-bond acceptors (Lipinski definition) is 5. The molecule has 4 aromatic carbocycles. The molecule has 0 fully saturated rings. The molecule has 0 aliphatic carbocycles. The van der Waals surface area contributed by atoms with Crippen LogP contribution < -0.4 is 5.19 Å². The third-order valence-corrected chi connectivity index (χ3v) is 10.4. The molecule has 1 radical (unpaired) electrons. The molecule has 8 aromatic rings. The van der Waals surface area contributed by atoms with Crippen LogP contribution in [0.1, 0.15) is 48.4 Å². The Hall–Kier alpha value is -4.68. The van der Waals surface area contributed by atoms with Crippen LogP contribution in [0.2, 0.25) is 19.6 Å². The minimum Gasteiger partial charge on any atom is -0.501 e. The Morgan fingerprint density at radius 2 is 1.54 bits per heavy atom. The zero-order chi connectivity index (χ0) is 42.7. The molecule has 0 saturated carbocycles. The molecule has 0 bridgehead atoms. The average Bonchev–Trinajstić information content (AvgIpc) is 3.78. The van der Waals surface area contributed by atoms with Crippen molar-refractivity contribution in [2.24, 2.45) is 5.41 Å². The number of aromatic nitrogens is 3. The van der Waals surface area contributed by atoms with Crippen molar-refractivity contribution in [2.75, 3.05) is 0 Å². The Balaban J connectivity index is 0.000000198. The second-order valence-corrected chi connectivity index (χ2v) is 19.6. The Morgan fingerprint density at radius 3 is 2.25 bits per heavy atom. The summed E-state index contributed by atoms with van der Waals surface area (Å²) in [5.41, 5.74) is 4.88. The van der Waals surface area contributed by atoms with E-state index in [1.54, 1.807) is 32.9 Å². The number of furan rings is 1. The van der Waals surface area contributed by atoms with E-state index in [4.69, 9.17) is 19.8 Å². The Labute approximate surface area is 332 Å². The number of fused-ring (bicyclic) bond motifs is 4. The Kier molecular flexibility index (Phi) is 7.91. The maximum Gasteiger partial charge on any atom is 0.209 e. The van der Waals surface area contributed by atoms with Gasteiger partial charge in [-0.2, -0.15) is 0 Å². The molecule has 0 aliphatic rings. The summed E-state index contributed by atoms with van der Waals surface area (Å²) in [6, 6.07) is 33.8. The van der Waals surface area contributed by atoms with Gasteiger partial charge in [0.25, 0.3) is 0 Å². The Bertz CT molecular complexity index is 2790. The predicted molar refractivity (Wildman–Crippen MR) is 213 cm³/mol. The van der Waals surface area contributed by atoms with Crippen molar-refractivity contribution in [3.05, 3.63) is 132 Å². The molecule has 0 saturated heterocycles. The average molecular weight is 886 g/mol. The van der Waals surface area contributed by atoms with Gasteiger partial charge >= 0.3 is 0 Å². The van der Waals surface area contributed by atoms with Crippen LogP contribution in [0.3, 0.4) is 0 Å². The standard InChI is InChI=1S/C23H22NO.C22H21N2OSi.Ir/c1-15-14-24-20(12-16(15)13-23(2,3)4)19-10-7-9-18-17-8-5-6-11-21(17)25-22(18)19;1-15-9-10-16(19-12-11-17(14-23-19)26(2,3)4)13-18(15)22-24-20-7-5-6-8-21(20)25-22;/h5-9,11-12,14H,13H2,1-4H3;5-9,11-14H,1-4H3;/q2*-1;/i1D3,13D2;1D3;. The molecule has 0 atom stereocenters. The maximum atomic E-state index is 8.70. The van der Waals surface area contributed by atoms with Gasteiger partial charge in [0.1, 0.15) is 11.1 Å². The van der Waals surface area contributed by atoms with Crippen LogP contribution in [0.15, 0.2) is 112 Å². The first kappa shape index (κ1) is 27.9. The molecule has 8 rings (SSSR count). The summed E-state index contributed by atoms with van der Waals surface area (Å²) >= 11 is 0. The van der Waals surface area contributed by atoms with E-state index in [1.807, 2.05) is 66.9 Å². The summed E-state index contributed by atoms with van der Waals surface area (Å²) in [5.74, 6) is 0.284. The summed E-state index contributed by atoms with van der Waals surface area (Å²) in [6.07, 6.45) is 1.28. The first-order chi connectivity index (χ1) is 27.5. The van der Waals surface area contributed by atoms with E-state index in [0.717, 1.165) is 22.0 Å². The minimum atomic E-state index is -2.48. The number of para-hydroxylation sites is 3. The SMILES string of the molecule is [2H]C([2H])([2H])c1c[c-]c(-c2ccc([Si](C)(C)C)cn2)cc1-c1nc2ccccc2o1.[2H]C([2H])([2H])c1cnc(-c2[c-]ccc3c2oc2ccccc23)cc1C([2H])([2H])C(C)(C)C.[Ir]. The number of rotatable bonds is 5. The van der Waals surface area contributed by atoms with Gasteiger partial charge in [-0.15, -0.1) is 47.5 Å². The molecule has 4 heterocycles. The molecular weight excluding hydrogens is 835 g/mol. The van der Waals surface area contributed by atoms with Gasteiger partial charge in [0, 0.05) is 48.9 Å². The fourth-order valence-corrected chi connectivity index (χ4v) is 6.82. The van der Waals surface area contributed by atoms with Crippen LogP contribution >= 0.6 is 0 Å². The minimum absolute atomic E-state index is 0. The van der Waals surface area contributed by atoms with Crippen LogP contribution in [0.25, 0.3) is 67.0 Å². The van der Waals surface area contributed by atoms with E-state index in [2.05, 4.69) is 52.8 Å². The van der Waals surface area contributed by atoms with Crippen molar-refractivity contribution in [2.45, 2.75) is 60.5 Å². The van der Waals surface area contributed by atoms with Gasteiger partial charge in [0.2, 0.25) is 5.89 Å². The van der Waals surface area contributed by atoms with Crippen LogP contribution in [0.5, 0.6) is 0 Å². The summed E-state index contributed by atoms with van der Waals surface area (Å²) in [7, 11) is -1.45. The molecular formula is C45H43IrN3O2Si-2. The summed E-state index contributed by atoms with van der Waals surface area (Å²) in [6.45, 7) is 7.28. The fraction of sp³-hybridized carbons (Fsp3) is 0.222. The van der Waals surface area contributed by atoms with Gasteiger partial charge in [-0.05, 0) is 64.5 Å². The molecule has 0 N–H and O–H groups in total. The van der Waals surface area contributed by atoms with Crippen molar-refractivity contribution in [3.63, 3.8) is 0 Å². The normalized spacial score (nSPS) is 14.8. The number of oxazole rings is 1. The van der Waals surface area contributed by atoms with E-state index >= 15 is 0 Å². The molecule has 0 aliphatic heterocycles. The first-order valence-electron chi connectivity index (χ1n) is 20.8. The van der Waals surface area contributed by atoms with Crippen LogP contribution in [0, 0.1) is 31.3 Å². The van der Waals surface area contributed by atoms with Gasteiger partial charge in [0.15, 0.2) is 5.58 Å². The van der Waals surface area contributed by atoms with Gasteiger partial charge < -0.3 is 18.8 Å². The summed E-state index contributed by atoms with van der Waals surface area (Å²) < 4.78 is 76.7. The number of aryl methyl sites for hydroxylation is 2. The monoisotopic (exact) mass is 886 g/mol. The molecule has 0 spiro atoms. The molecule has 52 heavy (non-hydrogen) atoms. The molecule has 265 valence electrons. The predicted octanol–water partition coefficient (Wildman–Crippen LogP) is 11.6. The van der Waals surface area contributed by atoms with E-state index in [0.29, 0.717) is 39.1 Å². The van der Waals surface area contributed by atoms with Crippen molar-refractivity contribution in [3.8, 4) is 34.0 Å². The Morgan fingerprint density at radius 1 is 0.788 bits per heavy atom. The van der Waals surface area contributed by atoms with E-state index < -0.39 is 33.6 Å². The van der Waals surface area contributed by atoms with Crippen molar-refractivity contribution >= 4 is 46.3 Å². The third kappa shape index (κ3) is 7.87. The molecule has 7 heteroatoms. The molecule has 0 amide bonds. The molecule has 0 unspecified atom stereocenters.